The van der Waals surface area contributed by atoms with Crippen LogP contribution in [0.25, 0.3) is 10.1 Å². The zero-order valence-electron chi connectivity index (χ0n) is 11.6. The normalized spacial score (nSPS) is 12.2. The second kappa shape index (κ2) is 5.85. The Hall–Kier alpha value is -0.860. The molecule has 98 valence electrons. The molecule has 0 bridgehead atoms. The largest absolute Gasteiger partial charge is 0.317 e. The Balaban J connectivity index is 2.08. The minimum Gasteiger partial charge on any atom is -0.317 e. The van der Waals surface area contributed by atoms with E-state index in [9.17, 15) is 0 Å². The number of nitrogens with one attached hydrogen (secondary N) is 1. The smallest absolute Gasteiger partial charge is 0.0345 e. The van der Waals surface area contributed by atoms with Gasteiger partial charge >= 0.3 is 0 Å². The summed E-state index contributed by atoms with van der Waals surface area (Å²) in [5.74, 6) is 0. The number of hydrogen-bond acceptors (Lipinski definition) is 2. The van der Waals surface area contributed by atoms with E-state index in [1.165, 1.54) is 28.5 Å². The van der Waals surface area contributed by atoms with E-state index in [1.807, 2.05) is 11.3 Å². The highest BCUT2D eigenvalue weighted by Crippen LogP contribution is 2.32. The molecule has 0 aliphatic heterocycles. The van der Waals surface area contributed by atoms with E-state index in [1.54, 1.807) is 0 Å². The first-order valence-corrected chi connectivity index (χ1v) is 7.66. The molecule has 0 fully saturated rings. The Morgan fingerprint density at radius 1 is 1.22 bits per heavy atom. The fraction of sp³-hybridized carbons (Fsp3) is 0.500. The molecule has 1 aromatic heterocycles. The van der Waals surface area contributed by atoms with E-state index < -0.39 is 0 Å². The summed E-state index contributed by atoms with van der Waals surface area (Å²) in [7, 11) is 0. The molecule has 2 heteroatoms. The summed E-state index contributed by atoms with van der Waals surface area (Å²) >= 11 is 1.87. The first-order chi connectivity index (χ1) is 8.62. The van der Waals surface area contributed by atoms with Gasteiger partial charge in [0.15, 0.2) is 0 Å². The molecule has 0 atom stereocenters. The van der Waals surface area contributed by atoms with Crippen LogP contribution in [0.4, 0.5) is 0 Å². The summed E-state index contributed by atoms with van der Waals surface area (Å²) in [6.07, 6.45) is 2.40. The van der Waals surface area contributed by atoms with Crippen molar-refractivity contribution < 1.29 is 0 Å². The first kappa shape index (κ1) is 13.6. The summed E-state index contributed by atoms with van der Waals surface area (Å²) in [6, 6.07) is 8.74. The van der Waals surface area contributed by atoms with Crippen molar-refractivity contribution in [3.8, 4) is 0 Å². The van der Waals surface area contributed by atoms with Gasteiger partial charge in [0.1, 0.15) is 0 Å². The van der Waals surface area contributed by atoms with Crippen LogP contribution in [0.15, 0.2) is 29.6 Å². The zero-order chi connectivity index (χ0) is 13.0. The third kappa shape index (κ3) is 3.33. The van der Waals surface area contributed by atoms with E-state index in [0.29, 0.717) is 5.41 Å². The van der Waals surface area contributed by atoms with Gasteiger partial charge in [-0.05, 0) is 53.7 Å². The van der Waals surface area contributed by atoms with Crippen LogP contribution in [0, 0.1) is 5.41 Å². The van der Waals surface area contributed by atoms with Crippen LogP contribution in [-0.4, -0.2) is 13.1 Å². The second-order valence-corrected chi connectivity index (χ2v) is 6.61. The minimum atomic E-state index is 0.367. The van der Waals surface area contributed by atoms with Gasteiger partial charge in [0.25, 0.3) is 0 Å². The second-order valence-electron chi connectivity index (χ2n) is 5.70. The minimum absolute atomic E-state index is 0.367. The van der Waals surface area contributed by atoms with Crippen molar-refractivity contribution in [3.63, 3.8) is 0 Å². The molecule has 1 heterocycles. The lowest BCUT2D eigenvalue weighted by Gasteiger charge is -2.24. The lowest BCUT2D eigenvalue weighted by molar-refractivity contribution is 0.328. The topological polar surface area (TPSA) is 12.0 Å². The number of benzene rings is 1. The van der Waals surface area contributed by atoms with E-state index >= 15 is 0 Å². The van der Waals surface area contributed by atoms with Gasteiger partial charge in [-0.3, -0.25) is 0 Å². The molecule has 0 spiro atoms. The van der Waals surface area contributed by atoms with Gasteiger partial charge in [-0.15, -0.1) is 11.3 Å². The van der Waals surface area contributed by atoms with Crippen LogP contribution in [0.2, 0.25) is 0 Å². The van der Waals surface area contributed by atoms with Crippen molar-refractivity contribution in [1.82, 2.24) is 5.32 Å². The molecule has 0 unspecified atom stereocenters. The SMILES string of the molecule is CCNCCC(C)(C)Cc1csc2ccccc12. The highest BCUT2D eigenvalue weighted by atomic mass is 32.1. The quantitative estimate of drug-likeness (QED) is 0.757. The average Bonchev–Trinajstić information content (AvgIpc) is 2.72. The Kier molecular flexibility index (Phi) is 4.41. The average molecular weight is 261 g/mol. The Morgan fingerprint density at radius 3 is 2.78 bits per heavy atom. The predicted molar refractivity (Wildman–Crippen MR) is 82.5 cm³/mol. The van der Waals surface area contributed by atoms with Crippen LogP contribution in [-0.2, 0) is 6.42 Å². The van der Waals surface area contributed by atoms with E-state index in [4.69, 9.17) is 0 Å². The Morgan fingerprint density at radius 2 is 2.00 bits per heavy atom. The number of fused-ring (bicyclic) bond motifs is 1. The third-order valence-corrected chi connectivity index (χ3v) is 4.47. The molecule has 0 amide bonds. The Labute approximate surface area is 114 Å². The molecule has 18 heavy (non-hydrogen) atoms. The van der Waals surface area contributed by atoms with Crippen molar-refractivity contribution in [1.29, 1.82) is 0 Å². The summed E-state index contributed by atoms with van der Waals surface area (Å²) in [5, 5.41) is 7.20. The van der Waals surface area contributed by atoms with E-state index in [2.05, 4.69) is 55.7 Å². The molecule has 0 radical (unpaired) electrons. The maximum absolute atomic E-state index is 3.42. The van der Waals surface area contributed by atoms with E-state index in [-0.39, 0.29) is 0 Å². The van der Waals surface area contributed by atoms with Crippen LogP contribution in [0.3, 0.4) is 0 Å². The molecule has 0 saturated heterocycles. The monoisotopic (exact) mass is 261 g/mol. The summed E-state index contributed by atoms with van der Waals surface area (Å²) in [6.45, 7) is 9.09. The van der Waals surface area contributed by atoms with Gasteiger partial charge in [-0.1, -0.05) is 39.0 Å². The predicted octanol–water partition coefficient (Wildman–Crippen LogP) is 4.47. The third-order valence-electron chi connectivity index (χ3n) is 3.46. The van der Waals surface area contributed by atoms with Gasteiger partial charge < -0.3 is 5.32 Å². The number of hydrogen-bond donors (Lipinski definition) is 1. The zero-order valence-corrected chi connectivity index (χ0v) is 12.4. The van der Waals surface area contributed by atoms with Gasteiger partial charge in [-0.25, -0.2) is 0 Å². The van der Waals surface area contributed by atoms with Crippen molar-refractivity contribution in [2.75, 3.05) is 13.1 Å². The lowest BCUT2D eigenvalue weighted by Crippen LogP contribution is -2.23. The molecular weight excluding hydrogens is 238 g/mol. The summed E-state index contributed by atoms with van der Waals surface area (Å²) in [5.41, 5.74) is 1.88. The number of rotatable bonds is 6. The van der Waals surface area contributed by atoms with Gasteiger partial charge in [0.2, 0.25) is 0 Å². The summed E-state index contributed by atoms with van der Waals surface area (Å²) in [4.78, 5) is 0. The molecule has 2 rings (SSSR count). The highest BCUT2D eigenvalue weighted by molar-refractivity contribution is 7.17. The first-order valence-electron chi connectivity index (χ1n) is 6.78. The van der Waals surface area contributed by atoms with Crippen LogP contribution >= 0.6 is 11.3 Å². The van der Waals surface area contributed by atoms with Gasteiger partial charge in [-0.2, -0.15) is 0 Å². The van der Waals surface area contributed by atoms with Crippen molar-refractivity contribution in [3.05, 3.63) is 35.2 Å². The van der Waals surface area contributed by atoms with Crippen LogP contribution in [0.5, 0.6) is 0 Å². The molecule has 2 aromatic rings. The molecule has 0 aliphatic rings. The van der Waals surface area contributed by atoms with Crippen LogP contribution in [0.1, 0.15) is 32.8 Å². The summed E-state index contributed by atoms with van der Waals surface area (Å²) < 4.78 is 1.41. The van der Waals surface area contributed by atoms with Gasteiger partial charge in [0.05, 0.1) is 0 Å². The number of thiophene rings is 1. The molecule has 1 nitrogen and oxygen atoms in total. The molecule has 1 N–H and O–H groups in total. The molecule has 1 aromatic carbocycles. The van der Waals surface area contributed by atoms with Gasteiger partial charge in [0, 0.05) is 4.70 Å². The maximum atomic E-state index is 3.42. The molecule has 0 aliphatic carbocycles. The fourth-order valence-corrected chi connectivity index (χ4v) is 3.34. The van der Waals surface area contributed by atoms with Crippen molar-refractivity contribution in [2.45, 2.75) is 33.6 Å². The fourth-order valence-electron chi connectivity index (χ4n) is 2.38. The molecule has 0 saturated carbocycles. The highest BCUT2D eigenvalue weighted by Gasteiger charge is 2.19. The maximum Gasteiger partial charge on any atom is 0.0345 e. The lowest BCUT2D eigenvalue weighted by atomic mass is 9.82. The van der Waals surface area contributed by atoms with Crippen LogP contribution < -0.4 is 5.32 Å². The van der Waals surface area contributed by atoms with Crippen molar-refractivity contribution in [2.24, 2.45) is 5.41 Å². The Bertz CT molecular complexity index is 499. The standard InChI is InChI=1S/C16H23NS/c1-4-17-10-9-16(2,3)11-13-12-18-15-8-6-5-7-14(13)15/h5-8,12,17H,4,9-11H2,1-3H3. The van der Waals surface area contributed by atoms with E-state index in [0.717, 1.165) is 13.1 Å². The molecular formula is C16H23NS. The van der Waals surface area contributed by atoms with Crippen molar-refractivity contribution >= 4 is 21.4 Å².